The van der Waals surface area contributed by atoms with E-state index in [1.807, 2.05) is 54.7 Å². The number of amides is 1. The summed E-state index contributed by atoms with van der Waals surface area (Å²) >= 11 is 1.15. The average molecular weight is 415 g/mol. The first-order chi connectivity index (χ1) is 14.7. The zero-order valence-corrected chi connectivity index (χ0v) is 16.6. The number of hydrogen-bond acceptors (Lipinski definition) is 6. The van der Waals surface area contributed by atoms with Gasteiger partial charge in [-0.3, -0.25) is 4.79 Å². The van der Waals surface area contributed by atoms with E-state index in [-0.39, 0.29) is 18.2 Å². The number of aromatic nitrogens is 4. The Labute approximate surface area is 176 Å². The summed E-state index contributed by atoms with van der Waals surface area (Å²) in [6, 6.07) is 18.2. The van der Waals surface area contributed by atoms with Crippen molar-refractivity contribution in [3.05, 3.63) is 78.6 Å². The number of pyridine rings is 1. The summed E-state index contributed by atoms with van der Waals surface area (Å²) < 4.78 is 10.3. The van der Waals surface area contributed by atoms with E-state index >= 15 is 0 Å². The molecule has 0 fully saturated rings. The van der Waals surface area contributed by atoms with E-state index in [0.717, 1.165) is 39.1 Å². The first-order valence-electron chi connectivity index (χ1n) is 9.41. The molecule has 2 N–H and O–H groups in total. The van der Waals surface area contributed by atoms with Gasteiger partial charge >= 0.3 is 0 Å². The molecular formula is C22H17N5O2S. The summed E-state index contributed by atoms with van der Waals surface area (Å²) in [6.07, 6.45) is 3.61. The lowest BCUT2D eigenvalue weighted by atomic mass is 10.0. The zero-order chi connectivity index (χ0) is 20.5. The summed E-state index contributed by atoms with van der Waals surface area (Å²) in [5.41, 5.74) is 2.44. The Kier molecular flexibility index (Phi) is 4.61. The Balaban J connectivity index is 1.56. The van der Waals surface area contributed by atoms with Crippen LogP contribution in [-0.2, 0) is 4.79 Å². The second-order valence-corrected chi connectivity index (χ2v) is 7.47. The summed E-state index contributed by atoms with van der Waals surface area (Å²) in [4.78, 5) is 17.0. The van der Waals surface area contributed by atoms with Gasteiger partial charge in [0.25, 0.3) is 0 Å². The lowest BCUT2D eigenvalue weighted by Gasteiger charge is -2.20. The molecule has 0 radical (unpaired) electrons. The fourth-order valence-electron chi connectivity index (χ4n) is 3.59. The van der Waals surface area contributed by atoms with Crippen molar-refractivity contribution in [2.24, 2.45) is 0 Å². The third-order valence-electron chi connectivity index (χ3n) is 5.03. The number of benzene rings is 2. The van der Waals surface area contributed by atoms with E-state index in [9.17, 15) is 9.90 Å². The van der Waals surface area contributed by atoms with Crippen molar-refractivity contribution in [2.45, 2.75) is 12.5 Å². The predicted molar refractivity (Wildman–Crippen MR) is 117 cm³/mol. The van der Waals surface area contributed by atoms with E-state index in [1.165, 1.54) is 0 Å². The summed E-state index contributed by atoms with van der Waals surface area (Å²) in [5.74, 6) is 0.410. The molecule has 8 heteroatoms. The molecule has 0 spiro atoms. The van der Waals surface area contributed by atoms with Crippen LogP contribution in [0.2, 0.25) is 0 Å². The maximum Gasteiger partial charge on any atom is 0.227 e. The smallest absolute Gasteiger partial charge is 0.227 e. The summed E-state index contributed by atoms with van der Waals surface area (Å²) in [6.45, 7) is 0. The normalized spacial score (nSPS) is 12.3. The highest BCUT2D eigenvalue weighted by atomic mass is 32.1. The van der Waals surface area contributed by atoms with Crippen molar-refractivity contribution in [1.82, 2.24) is 18.3 Å². The standard InChI is InChI=1S/C22H17N5O2S/c28-21(24-20-7-3-4-10-23-20)12-19(14-8-9-17-18(11-14)26-30-25-17)27-13-15-5-1-2-6-16(15)22(27)29/h1-11,13,19,29H,12H2,(H,23,24,28). The molecule has 7 nitrogen and oxygen atoms in total. The van der Waals surface area contributed by atoms with Gasteiger partial charge in [-0.15, -0.1) is 0 Å². The van der Waals surface area contributed by atoms with Crippen LogP contribution in [0, 0.1) is 0 Å². The Hall–Kier alpha value is -3.78. The van der Waals surface area contributed by atoms with Crippen LogP contribution in [0.3, 0.4) is 0 Å². The predicted octanol–water partition coefficient (Wildman–Crippen LogP) is 4.36. The van der Waals surface area contributed by atoms with Crippen molar-refractivity contribution in [3.8, 4) is 5.88 Å². The molecule has 5 rings (SSSR count). The highest BCUT2D eigenvalue weighted by Crippen LogP contribution is 2.35. The Morgan fingerprint density at radius 3 is 2.73 bits per heavy atom. The molecule has 30 heavy (non-hydrogen) atoms. The number of rotatable bonds is 5. The van der Waals surface area contributed by atoms with E-state index in [4.69, 9.17) is 0 Å². The number of nitrogens with one attached hydrogen (secondary N) is 1. The van der Waals surface area contributed by atoms with E-state index in [1.54, 1.807) is 22.9 Å². The quantitative estimate of drug-likeness (QED) is 0.445. The van der Waals surface area contributed by atoms with Gasteiger partial charge in [0.1, 0.15) is 16.9 Å². The van der Waals surface area contributed by atoms with Gasteiger partial charge < -0.3 is 15.0 Å². The third kappa shape index (κ3) is 3.37. The third-order valence-corrected chi connectivity index (χ3v) is 5.59. The summed E-state index contributed by atoms with van der Waals surface area (Å²) in [7, 11) is 0. The number of aromatic hydroxyl groups is 1. The highest BCUT2D eigenvalue weighted by molar-refractivity contribution is 7.00. The second-order valence-electron chi connectivity index (χ2n) is 6.94. The lowest BCUT2D eigenvalue weighted by Crippen LogP contribution is -2.20. The maximum atomic E-state index is 12.8. The minimum absolute atomic E-state index is 0.119. The minimum Gasteiger partial charge on any atom is -0.494 e. The molecule has 0 aliphatic rings. The van der Waals surface area contributed by atoms with Gasteiger partial charge in [0, 0.05) is 23.2 Å². The van der Waals surface area contributed by atoms with E-state index in [0.29, 0.717) is 5.82 Å². The first kappa shape index (κ1) is 18.3. The maximum absolute atomic E-state index is 12.8. The molecule has 5 aromatic rings. The molecule has 2 aromatic carbocycles. The number of carbonyl (C=O) groups is 1. The monoisotopic (exact) mass is 415 g/mol. The molecule has 1 unspecified atom stereocenters. The topological polar surface area (TPSA) is 92.9 Å². The molecule has 3 heterocycles. The number of anilines is 1. The van der Waals surface area contributed by atoms with Gasteiger partial charge in [-0.25, -0.2) is 4.98 Å². The minimum atomic E-state index is -0.424. The van der Waals surface area contributed by atoms with E-state index < -0.39 is 6.04 Å². The van der Waals surface area contributed by atoms with Crippen molar-refractivity contribution in [1.29, 1.82) is 0 Å². The number of carbonyl (C=O) groups excluding carboxylic acids is 1. The van der Waals surface area contributed by atoms with Crippen molar-refractivity contribution in [3.63, 3.8) is 0 Å². The van der Waals surface area contributed by atoms with Crippen LogP contribution in [0.4, 0.5) is 5.82 Å². The Bertz CT molecular complexity index is 1350. The van der Waals surface area contributed by atoms with Crippen LogP contribution in [0.5, 0.6) is 5.88 Å². The largest absolute Gasteiger partial charge is 0.494 e. The number of fused-ring (bicyclic) bond motifs is 2. The lowest BCUT2D eigenvalue weighted by molar-refractivity contribution is -0.116. The van der Waals surface area contributed by atoms with E-state index in [2.05, 4.69) is 19.0 Å². The Morgan fingerprint density at radius 2 is 1.90 bits per heavy atom. The van der Waals surface area contributed by atoms with Crippen LogP contribution in [-0.4, -0.2) is 29.3 Å². The molecule has 1 amide bonds. The van der Waals surface area contributed by atoms with Crippen molar-refractivity contribution >= 4 is 45.3 Å². The van der Waals surface area contributed by atoms with Gasteiger partial charge in [0.15, 0.2) is 5.88 Å². The van der Waals surface area contributed by atoms with Gasteiger partial charge in [-0.1, -0.05) is 30.3 Å². The van der Waals surface area contributed by atoms with Crippen LogP contribution in [0.15, 0.2) is 73.1 Å². The molecule has 148 valence electrons. The van der Waals surface area contributed by atoms with Gasteiger partial charge in [0.05, 0.1) is 24.2 Å². The highest BCUT2D eigenvalue weighted by Gasteiger charge is 2.23. The fraction of sp³-hybridized carbons (Fsp3) is 0.0909. The SMILES string of the molecule is O=C(CC(c1ccc2nsnc2c1)n1cc2ccccc2c1O)Nc1ccccn1. The average Bonchev–Trinajstić information content (AvgIpc) is 3.37. The van der Waals surface area contributed by atoms with Crippen molar-refractivity contribution in [2.75, 3.05) is 5.32 Å². The molecule has 0 aliphatic heterocycles. The first-order valence-corrected chi connectivity index (χ1v) is 10.1. The fourth-order valence-corrected chi connectivity index (χ4v) is 4.11. The molecular weight excluding hydrogens is 398 g/mol. The van der Waals surface area contributed by atoms with Crippen LogP contribution in [0.25, 0.3) is 21.8 Å². The second kappa shape index (κ2) is 7.57. The number of nitrogens with zero attached hydrogens (tertiary/aromatic N) is 4. The molecule has 0 saturated carbocycles. The molecule has 0 saturated heterocycles. The Morgan fingerprint density at radius 1 is 1.07 bits per heavy atom. The molecule has 3 aromatic heterocycles. The van der Waals surface area contributed by atoms with Gasteiger partial charge in [-0.05, 0) is 35.9 Å². The molecule has 0 aliphatic carbocycles. The molecule has 1 atom stereocenters. The zero-order valence-electron chi connectivity index (χ0n) is 15.8. The molecule has 0 bridgehead atoms. The van der Waals surface area contributed by atoms with Crippen LogP contribution >= 0.6 is 11.7 Å². The van der Waals surface area contributed by atoms with Gasteiger partial charge in [-0.2, -0.15) is 8.75 Å². The number of hydrogen-bond donors (Lipinski definition) is 2. The van der Waals surface area contributed by atoms with Crippen molar-refractivity contribution < 1.29 is 9.90 Å². The summed E-state index contributed by atoms with van der Waals surface area (Å²) in [5, 5.41) is 15.4. The van der Waals surface area contributed by atoms with Crippen LogP contribution in [0.1, 0.15) is 18.0 Å². The van der Waals surface area contributed by atoms with Crippen LogP contribution < -0.4 is 5.32 Å². The van der Waals surface area contributed by atoms with Gasteiger partial charge in [0.2, 0.25) is 5.91 Å².